The number of fused-ring (bicyclic) bond motifs is 4. The van der Waals surface area contributed by atoms with Gasteiger partial charge in [-0.2, -0.15) is 0 Å². The van der Waals surface area contributed by atoms with Crippen LogP contribution < -0.4 is 4.74 Å². The lowest BCUT2D eigenvalue weighted by Gasteiger charge is -2.10. The summed E-state index contributed by atoms with van der Waals surface area (Å²) in [5.74, 6) is 1.30. The van der Waals surface area contributed by atoms with Crippen LogP contribution in [0.4, 0.5) is 0 Å². The van der Waals surface area contributed by atoms with E-state index < -0.39 is 0 Å². The van der Waals surface area contributed by atoms with Crippen molar-refractivity contribution in [1.82, 2.24) is 4.98 Å². The maximum Gasteiger partial charge on any atom is 0.219 e. The summed E-state index contributed by atoms with van der Waals surface area (Å²) < 4.78 is 6.01. The van der Waals surface area contributed by atoms with Crippen LogP contribution in [0.5, 0.6) is 17.4 Å². The predicted octanol–water partition coefficient (Wildman–Crippen LogP) is 5.89. The van der Waals surface area contributed by atoms with E-state index in [1.807, 2.05) is 48.2 Å². The lowest BCUT2D eigenvalue weighted by molar-refractivity contribution is 0.460. The second-order valence-electron chi connectivity index (χ2n) is 7.57. The van der Waals surface area contributed by atoms with Crippen molar-refractivity contribution in [3.8, 4) is 17.4 Å². The SMILES string of the molecule is Oc1cccc2ccc(Oc3cccc(C4=N[C@H]5Cc6ccccc6[C@H]5S4)c3)nc12. The molecular formula is C25H18N2O2S. The van der Waals surface area contributed by atoms with Gasteiger partial charge < -0.3 is 9.84 Å². The van der Waals surface area contributed by atoms with E-state index in [-0.39, 0.29) is 5.75 Å². The summed E-state index contributed by atoms with van der Waals surface area (Å²) >= 11 is 1.84. The molecule has 30 heavy (non-hydrogen) atoms. The van der Waals surface area contributed by atoms with E-state index in [0.29, 0.717) is 28.4 Å². The van der Waals surface area contributed by atoms with Crippen LogP contribution in [-0.4, -0.2) is 21.2 Å². The fourth-order valence-corrected chi connectivity index (χ4v) is 5.59. The van der Waals surface area contributed by atoms with Gasteiger partial charge in [0.1, 0.15) is 17.0 Å². The number of para-hydroxylation sites is 1. The van der Waals surface area contributed by atoms with Crippen molar-refractivity contribution in [3.05, 3.63) is 95.6 Å². The summed E-state index contributed by atoms with van der Waals surface area (Å²) in [5, 5.41) is 12.4. The number of thioether (sulfide) groups is 1. The smallest absolute Gasteiger partial charge is 0.219 e. The average molecular weight is 410 g/mol. The van der Waals surface area contributed by atoms with Gasteiger partial charge in [-0.05, 0) is 41.8 Å². The van der Waals surface area contributed by atoms with Crippen LogP contribution in [-0.2, 0) is 6.42 Å². The zero-order chi connectivity index (χ0) is 20.1. The highest BCUT2D eigenvalue weighted by molar-refractivity contribution is 8.15. The van der Waals surface area contributed by atoms with Crippen LogP contribution in [0.25, 0.3) is 10.9 Å². The summed E-state index contributed by atoms with van der Waals surface area (Å²) in [5.41, 5.74) is 4.44. The Balaban J connectivity index is 1.26. The Kier molecular flexibility index (Phi) is 4.03. The number of aliphatic imine (C=N–C) groups is 1. The van der Waals surface area contributed by atoms with E-state index in [1.165, 1.54) is 11.1 Å². The Bertz CT molecular complexity index is 1320. The summed E-state index contributed by atoms with van der Waals surface area (Å²) in [4.78, 5) is 9.47. The number of nitrogens with zero attached hydrogens (tertiary/aromatic N) is 2. The maximum atomic E-state index is 10.1. The highest BCUT2D eigenvalue weighted by Gasteiger charge is 2.38. The molecule has 146 valence electrons. The molecule has 0 amide bonds. The number of phenolic OH excluding ortho intramolecular Hbond substituents is 1. The van der Waals surface area contributed by atoms with Crippen molar-refractivity contribution in [1.29, 1.82) is 0 Å². The van der Waals surface area contributed by atoms with Crippen molar-refractivity contribution in [2.24, 2.45) is 4.99 Å². The number of hydrogen-bond acceptors (Lipinski definition) is 5. The minimum atomic E-state index is 0.148. The van der Waals surface area contributed by atoms with Crippen LogP contribution in [0.3, 0.4) is 0 Å². The third-order valence-corrected chi connectivity index (χ3v) is 7.03. The highest BCUT2D eigenvalue weighted by Crippen LogP contribution is 2.49. The standard InChI is InChI=1S/C25H18N2O2S/c28-21-10-4-6-15-11-12-22(27-23(15)21)29-18-8-3-7-17(13-18)25-26-20-14-16-5-1-2-9-19(16)24(20)30-25/h1-13,20,24,28H,14H2/t20-,24+/m0/s1. The number of aromatic hydroxyl groups is 1. The largest absolute Gasteiger partial charge is 0.506 e. The van der Waals surface area contributed by atoms with Gasteiger partial charge in [-0.3, -0.25) is 4.99 Å². The molecule has 0 bridgehead atoms. The van der Waals surface area contributed by atoms with Gasteiger partial charge in [-0.25, -0.2) is 4.98 Å². The zero-order valence-corrected chi connectivity index (χ0v) is 16.8. The molecule has 5 heteroatoms. The first-order valence-electron chi connectivity index (χ1n) is 9.94. The van der Waals surface area contributed by atoms with Crippen LogP contribution in [0.2, 0.25) is 0 Å². The summed E-state index contributed by atoms with van der Waals surface area (Å²) in [6.45, 7) is 0. The lowest BCUT2D eigenvalue weighted by atomic mass is 10.1. The molecule has 0 saturated carbocycles. The third kappa shape index (κ3) is 2.94. The molecule has 2 atom stereocenters. The van der Waals surface area contributed by atoms with Gasteiger partial charge in [0.05, 0.1) is 16.3 Å². The summed E-state index contributed by atoms with van der Waals surface area (Å²) in [6, 6.07) is 26.0. The van der Waals surface area contributed by atoms with Crippen molar-refractivity contribution >= 4 is 27.7 Å². The van der Waals surface area contributed by atoms with Crippen LogP contribution >= 0.6 is 11.8 Å². The number of pyridine rings is 1. The van der Waals surface area contributed by atoms with E-state index in [2.05, 4.69) is 35.3 Å². The van der Waals surface area contributed by atoms with Crippen LogP contribution in [0, 0.1) is 0 Å². The van der Waals surface area contributed by atoms with Crippen molar-refractivity contribution in [2.45, 2.75) is 17.7 Å². The number of hydrogen-bond donors (Lipinski definition) is 1. The molecule has 0 radical (unpaired) electrons. The molecule has 0 saturated heterocycles. The zero-order valence-electron chi connectivity index (χ0n) is 16.0. The van der Waals surface area contributed by atoms with Gasteiger partial charge in [0.15, 0.2) is 0 Å². The van der Waals surface area contributed by atoms with Gasteiger partial charge >= 0.3 is 0 Å². The molecule has 0 fully saturated rings. The van der Waals surface area contributed by atoms with E-state index in [4.69, 9.17) is 9.73 Å². The van der Waals surface area contributed by atoms with E-state index in [0.717, 1.165) is 22.4 Å². The molecule has 1 N–H and O–H groups in total. The van der Waals surface area contributed by atoms with Gasteiger partial charge in [0.25, 0.3) is 0 Å². The Morgan fingerprint density at radius 1 is 0.933 bits per heavy atom. The van der Waals surface area contributed by atoms with Crippen molar-refractivity contribution in [3.63, 3.8) is 0 Å². The Labute approximate surface area is 178 Å². The second-order valence-corrected chi connectivity index (χ2v) is 8.70. The highest BCUT2D eigenvalue weighted by atomic mass is 32.2. The average Bonchev–Trinajstić information content (AvgIpc) is 3.33. The summed E-state index contributed by atoms with van der Waals surface area (Å²) in [6.07, 6.45) is 1.01. The van der Waals surface area contributed by atoms with Crippen molar-refractivity contribution in [2.75, 3.05) is 0 Å². The van der Waals surface area contributed by atoms with E-state index in [1.54, 1.807) is 12.1 Å². The number of ether oxygens (including phenoxy) is 1. The molecule has 1 aliphatic carbocycles. The predicted molar refractivity (Wildman–Crippen MR) is 121 cm³/mol. The van der Waals surface area contributed by atoms with Crippen LogP contribution in [0.15, 0.2) is 83.9 Å². The first-order chi connectivity index (χ1) is 14.7. The topological polar surface area (TPSA) is 54.7 Å². The van der Waals surface area contributed by atoms with Crippen LogP contribution in [0.1, 0.15) is 21.9 Å². The number of rotatable bonds is 3. The molecule has 1 aliphatic heterocycles. The molecule has 3 aromatic carbocycles. The fourth-order valence-electron chi connectivity index (χ4n) is 4.22. The molecule has 0 unspecified atom stereocenters. The minimum absolute atomic E-state index is 0.148. The first kappa shape index (κ1) is 17.5. The fraction of sp³-hybridized carbons (Fsp3) is 0.120. The van der Waals surface area contributed by atoms with Crippen molar-refractivity contribution < 1.29 is 9.84 Å². The molecule has 6 rings (SSSR count). The molecular weight excluding hydrogens is 392 g/mol. The number of benzene rings is 3. The van der Waals surface area contributed by atoms with E-state index >= 15 is 0 Å². The maximum absolute atomic E-state index is 10.1. The van der Waals surface area contributed by atoms with Gasteiger partial charge in [-0.1, -0.05) is 60.3 Å². The quantitative estimate of drug-likeness (QED) is 0.457. The molecule has 2 heterocycles. The minimum Gasteiger partial charge on any atom is -0.506 e. The Morgan fingerprint density at radius 3 is 2.80 bits per heavy atom. The first-order valence-corrected chi connectivity index (χ1v) is 10.8. The van der Waals surface area contributed by atoms with Gasteiger partial charge in [0, 0.05) is 17.0 Å². The van der Waals surface area contributed by atoms with Gasteiger partial charge in [-0.15, -0.1) is 0 Å². The normalized spacial score (nSPS) is 19.4. The Morgan fingerprint density at radius 2 is 1.83 bits per heavy atom. The molecule has 2 aliphatic rings. The number of aromatic nitrogens is 1. The number of phenols is 1. The van der Waals surface area contributed by atoms with Gasteiger partial charge in [0.2, 0.25) is 5.88 Å². The lowest BCUT2D eigenvalue weighted by Crippen LogP contribution is -2.02. The third-order valence-electron chi connectivity index (χ3n) is 5.64. The molecule has 4 nitrogen and oxygen atoms in total. The summed E-state index contributed by atoms with van der Waals surface area (Å²) in [7, 11) is 0. The van der Waals surface area contributed by atoms with E-state index in [9.17, 15) is 5.11 Å². The molecule has 4 aromatic rings. The second kappa shape index (κ2) is 6.89. The molecule has 0 spiro atoms. The Hall–Kier alpha value is -3.31. The monoisotopic (exact) mass is 410 g/mol. The molecule has 1 aromatic heterocycles.